The van der Waals surface area contributed by atoms with Crippen molar-refractivity contribution >= 4 is 16.0 Å². The average Bonchev–Trinajstić information content (AvgIpc) is 2.47. The van der Waals surface area contributed by atoms with Crippen LogP contribution in [0.1, 0.15) is 36.0 Å². The van der Waals surface area contributed by atoms with Crippen molar-refractivity contribution in [1.29, 1.82) is 0 Å². The fourth-order valence-corrected chi connectivity index (χ4v) is 3.96. The minimum Gasteiger partial charge on any atom is -0.478 e. The van der Waals surface area contributed by atoms with Gasteiger partial charge in [-0.2, -0.15) is 0 Å². The Morgan fingerprint density at radius 3 is 2.38 bits per heavy atom. The smallest absolute Gasteiger partial charge is 0.335 e. The van der Waals surface area contributed by atoms with Crippen LogP contribution in [0.15, 0.2) is 29.2 Å². The Morgan fingerprint density at radius 1 is 1.19 bits per heavy atom. The molecule has 3 N–H and O–H groups in total. The van der Waals surface area contributed by atoms with Crippen molar-refractivity contribution in [1.82, 2.24) is 4.72 Å². The van der Waals surface area contributed by atoms with E-state index >= 15 is 0 Å². The lowest BCUT2D eigenvalue weighted by atomic mass is 9.86. The number of aromatic carboxylic acids is 1. The topological polar surface area (TPSA) is 104 Å². The summed E-state index contributed by atoms with van der Waals surface area (Å²) < 4.78 is 27.2. The standard InChI is InChI=1S/C14H19NO5S/c16-9-11-3-1-2-4-13(11)15-21(19,20)12-7-5-10(6-8-12)14(17)18/h5-8,11,13,15-16H,1-4,9H2,(H,17,18). The first-order valence-corrected chi connectivity index (χ1v) is 8.39. The first-order chi connectivity index (χ1) is 9.94. The molecule has 0 saturated heterocycles. The molecule has 0 radical (unpaired) electrons. The first kappa shape index (κ1) is 15.9. The number of carboxylic acid groups (broad SMARTS) is 1. The second kappa shape index (κ2) is 6.55. The van der Waals surface area contributed by atoms with Gasteiger partial charge in [0.2, 0.25) is 10.0 Å². The fraction of sp³-hybridized carbons (Fsp3) is 0.500. The molecule has 2 unspecified atom stereocenters. The van der Waals surface area contributed by atoms with Gasteiger partial charge in [0.1, 0.15) is 0 Å². The highest BCUT2D eigenvalue weighted by atomic mass is 32.2. The third-order valence-electron chi connectivity index (χ3n) is 3.86. The number of benzene rings is 1. The molecule has 0 aromatic heterocycles. The van der Waals surface area contributed by atoms with E-state index in [0.717, 1.165) is 19.3 Å². The number of nitrogens with one attached hydrogen (secondary N) is 1. The van der Waals surface area contributed by atoms with Crippen LogP contribution < -0.4 is 4.72 Å². The van der Waals surface area contributed by atoms with E-state index in [1.165, 1.54) is 24.3 Å². The second-order valence-corrected chi connectivity index (χ2v) is 7.00. The molecular formula is C14H19NO5S. The van der Waals surface area contributed by atoms with E-state index in [9.17, 15) is 18.3 Å². The van der Waals surface area contributed by atoms with Gasteiger partial charge >= 0.3 is 5.97 Å². The summed E-state index contributed by atoms with van der Waals surface area (Å²) in [6.45, 7) is -0.0366. The van der Waals surface area contributed by atoms with Gasteiger partial charge < -0.3 is 10.2 Å². The quantitative estimate of drug-likeness (QED) is 0.758. The van der Waals surface area contributed by atoms with Crippen LogP contribution in [0.5, 0.6) is 0 Å². The zero-order valence-corrected chi connectivity index (χ0v) is 12.3. The van der Waals surface area contributed by atoms with Crippen molar-refractivity contribution in [2.24, 2.45) is 5.92 Å². The number of sulfonamides is 1. The summed E-state index contributed by atoms with van der Waals surface area (Å²) in [5, 5.41) is 18.1. The number of hydrogen-bond donors (Lipinski definition) is 3. The van der Waals surface area contributed by atoms with E-state index in [-0.39, 0.29) is 29.0 Å². The van der Waals surface area contributed by atoms with Crippen LogP contribution in [-0.2, 0) is 10.0 Å². The third kappa shape index (κ3) is 3.81. The number of carbonyl (C=O) groups is 1. The number of carboxylic acids is 1. The largest absolute Gasteiger partial charge is 0.478 e. The molecule has 1 aromatic carbocycles. The molecule has 0 amide bonds. The summed E-state index contributed by atoms with van der Waals surface area (Å²) in [6, 6.07) is 4.82. The molecule has 2 atom stereocenters. The van der Waals surface area contributed by atoms with Crippen LogP contribution in [0.2, 0.25) is 0 Å². The van der Waals surface area contributed by atoms with Gasteiger partial charge in [0.05, 0.1) is 10.5 Å². The molecular weight excluding hydrogens is 294 g/mol. The Kier molecular flexibility index (Phi) is 4.97. The lowest BCUT2D eigenvalue weighted by molar-refractivity contribution is 0.0696. The minimum absolute atomic E-state index is 0.0366. The van der Waals surface area contributed by atoms with Crippen LogP contribution in [0.3, 0.4) is 0 Å². The van der Waals surface area contributed by atoms with Crippen LogP contribution in [-0.4, -0.2) is 37.2 Å². The molecule has 21 heavy (non-hydrogen) atoms. The van der Waals surface area contributed by atoms with E-state index in [1.54, 1.807) is 0 Å². The molecule has 1 aliphatic rings. The lowest BCUT2D eigenvalue weighted by Crippen LogP contribution is -2.43. The van der Waals surface area contributed by atoms with Gasteiger partial charge in [-0.3, -0.25) is 0 Å². The highest BCUT2D eigenvalue weighted by Crippen LogP contribution is 2.25. The van der Waals surface area contributed by atoms with E-state index in [0.29, 0.717) is 6.42 Å². The maximum absolute atomic E-state index is 12.3. The van der Waals surface area contributed by atoms with Crippen LogP contribution in [0.4, 0.5) is 0 Å². The monoisotopic (exact) mass is 313 g/mol. The van der Waals surface area contributed by atoms with Crippen molar-refractivity contribution < 1.29 is 23.4 Å². The normalized spacial score (nSPS) is 22.9. The molecule has 1 aromatic rings. The molecule has 1 fully saturated rings. The third-order valence-corrected chi connectivity index (χ3v) is 5.37. The van der Waals surface area contributed by atoms with Crippen LogP contribution >= 0.6 is 0 Å². The molecule has 0 bridgehead atoms. The molecule has 116 valence electrons. The summed E-state index contributed by atoms with van der Waals surface area (Å²) >= 11 is 0. The van der Waals surface area contributed by atoms with Crippen molar-refractivity contribution in [2.75, 3.05) is 6.61 Å². The summed E-state index contributed by atoms with van der Waals surface area (Å²) in [5.41, 5.74) is 0.0415. The maximum Gasteiger partial charge on any atom is 0.335 e. The number of aliphatic hydroxyl groups excluding tert-OH is 1. The van der Waals surface area contributed by atoms with Gasteiger partial charge in [0.15, 0.2) is 0 Å². The van der Waals surface area contributed by atoms with Gasteiger partial charge in [-0.05, 0) is 43.0 Å². The zero-order chi connectivity index (χ0) is 15.5. The van der Waals surface area contributed by atoms with E-state index in [4.69, 9.17) is 5.11 Å². The van der Waals surface area contributed by atoms with E-state index in [2.05, 4.69) is 4.72 Å². The fourth-order valence-electron chi connectivity index (χ4n) is 2.63. The highest BCUT2D eigenvalue weighted by molar-refractivity contribution is 7.89. The highest BCUT2D eigenvalue weighted by Gasteiger charge is 2.29. The van der Waals surface area contributed by atoms with Crippen molar-refractivity contribution in [3.05, 3.63) is 29.8 Å². The molecule has 2 rings (SSSR count). The summed E-state index contributed by atoms with van der Waals surface area (Å²) in [5.74, 6) is -1.16. The lowest BCUT2D eigenvalue weighted by Gasteiger charge is -2.30. The summed E-state index contributed by atoms with van der Waals surface area (Å²) in [7, 11) is -3.70. The molecule has 1 saturated carbocycles. The molecule has 7 heteroatoms. The van der Waals surface area contributed by atoms with Gasteiger partial charge in [-0.1, -0.05) is 12.8 Å². The SMILES string of the molecule is O=C(O)c1ccc(S(=O)(=O)NC2CCCCC2CO)cc1. The second-order valence-electron chi connectivity index (χ2n) is 5.28. The maximum atomic E-state index is 12.3. The van der Waals surface area contributed by atoms with Gasteiger partial charge in [-0.15, -0.1) is 0 Å². The minimum atomic E-state index is -3.70. The zero-order valence-electron chi connectivity index (χ0n) is 11.5. The first-order valence-electron chi connectivity index (χ1n) is 6.90. The Balaban J connectivity index is 2.15. The summed E-state index contributed by atoms with van der Waals surface area (Å²) in [6.07, 6.45) is 3.44. The van der Waals surface area contributed by atoms with E-state index in [1.807, 2.05) is 0 Å². The Labute approximate surface area is 123 Å². The average molecular weight is 313 g/mol. The van der Waals surface area contributed by atoms with Crippen molar-refractivity contribution in [3.63, 3.8) is 0 Å². The van der Waals surface area contributed by atoms with Crippen LogP contribution in [0.25, 0.3) is 0 Å². The predicted octanol–water partition coefficient (Wildman–Crippen LogP) is 1.21. The van der Waals surface area contributed by atoms with Gasteiger partial charge in [0, 0.05) is 12.6 Å². The predicted molar refractivity (Wildman–Crippen MR) is 76.6 cm³/mol. The summed E-state index contributed by atoms with van der Waals surface area (Å²) in [4.78, 5) is 10.8. The number of aliphatic hydroxyl groups is 1. The van der Waals surface area contributed by atoms with Gasteiger partial charge in [-0.25, -0.2) is 17.9 Å². The molecule has 1 aliphatic carbocycles. The molecule has 0 aliphatic heterocycles. The number of rotatable bonds is 5. The molecule has 0 heterocycles. The molecule has 0 spiro atoms. The number of hydrogen-bond acceptors (Lipinski definition) is 4. The Hall–Kier alpha value is -1.44. The van der Waals surface area contributed by atoms with Crippen molar-refractivity contribution in [2.45, 2.75) is 36.6 Å². The van der Waals surface area contributed by atoms with Gasteiger partial charge in [0.25, 0.3) is 0 Å². The Morgan fingerprint density at radius 2 is 1.81 bits per heavy atom. The van der Waals surface area contributed by atoms with Crippen molar-refractivity contribution in [3.8, 4) is 0 Å². The molecule has 6 nitrogen and oxygen atoms in total. The van der Waals surface area contributed by atoms with Crippen LogP contribution in [0, 0.1) is 5.92 Å². The van der Waals surface area contributed by atoms with E-state index < -0.39 is 16.0 Å². The Bertz CT molecular complexity index is 596.